The molecule has 2 aromatic carbocycles. The highest BCUT2D eigenvalue weighted by Gasteiger charge is 2.48. The number of carboxylic acids is 1. The maximum Gasteiger partial charge on any atom is 0.431 e. The average Bonchev–Trinajstić information content (AvgIpc) is 3.16. The van der Waals surface area contributed by atoms with Gasteiger partial charge in [0.05, 0.1) is 30.9 Å². The fraction of sp³-hybridized carbons (Fsp3) is 0.440. The van der Waals surface area contributed by atoms with Crippen LogP contribution in [-0.4, -0.2) is 55.3 Å². The molecule has 1 fully saturated rings. The normalized spacial score (nSPS) is 20.9. The van der Waals surface area contributed by atoms with Crippen LogP contribution in [0, 0.1) is 11.7 Å². The molecule has 11 heteroatoms. The van der Waals surface area contributed by atoms with Gasteiger partial charge in [0.25, 0.3) is 0 Å². The fourth-order valence-electron chi connectivity index (χ4n) is 4.63. The predicted octanol–water partition coefficient (Wildman–Crippen LogP) is 5.10. The lowest BCUT2D eigenvalue weighted by Gasteiger charge is -2.34. The predicted molar refractivity (Wildman–Crippen MR) is 126 cm³/mol. The summed E-state index contributed by atoms with van der Waals surface area (Å²) in [5.41, 5.74) is -0.164. The van der Waals surface area contributed by atoms with Gasteiger partial charge in [0.2, 0.25) is 0 Å². The zero-order valence-corrected chi connectivity index (χ0v) is 19.8. The summed E-state index contributed by atoms with van der Waals surface area (Å²) < 4.78 is 65.6. The largest absolute Gasteiger partial charge is 0.497 e. The van der Waals surface area contributed by atoms with Crippen LogP contribution in [0.2, 0.25) is 0 Å². The molecule has 0 bridgehead atoms. The monoisotopic (exact) mass is 509 g/mol. The number of piperidine rings is 1. The summed E-state index contributed by atoms with van der Waals surface area (Å²) in [6.45, 7) is 2.51. The minimum Gasteiger partial charge on any atom is -0.497 e. The highest BCUT2D eigenvalue weighted by Crippen LogP contribution is 2.37. The van der Waals surface area contributed by atoms with Gasteiger partial charge >= 0.3 is 12.1 Å². The van der Waals surface area contributed by atoms with Crippen LogP contribution >= 0.6 is 0 Å². The van der Waals surface area contributed by atoms with E-state index in [-0.39, 0.29) is 11.9 Å². The van der Waals surface area contributed by atoms with Crippen molar-refractivity contribution in [2.24, 2.45) is 11.0 Å². The van der Waals surface area contributed by atoms with Crippen LogP contribution in [-0.2, 0) is 4.79 Å². The van der Waals surface area contributed by atoms with Gasteiger partial charge in [-0.2, -0.15) is 18.3 Å². The maximum atomic E-state index is 14.3. The Morgan fingerprint density at radius 1 is 1.11 bits per heavy atom. The number of methoxy groups -OCH3 is 1. The standard InChI is InChI=1S/C25H27F4N3O4/c1-15-21(14-23(33)34)32(30-24(15)25(27,28)29)16-3-5-17(6-4-16)36-18-9-11-31(12-10-18)22-13-19(35-2)7-8-20(22)26/h3-8,13,15,18,21H,9-12,14H2,1-2H3,(H,33,34)/t15-,21-/m0/s1. The molecule has 1 saturated heterocycles. The first-order valence-electron chi connectivity index (χ1n) is 11.6. The molecular formula is C25H27F4N3O4. The summed E-state index contributed by atoms with van der Waals surface area (Å²) in [5, 5.41) is 14.0. The Kier molecular flexibility index (Phi) is 7.28. The second kappa shape index (κ2) is 10.2. The smallest absolute Gasteiger partial charge is 0.431 e. The fourth-order valence-corrected chi connectivity index (χ4v) is 4.63. The number of benzene rings is 2. The van der Waals surface area contributed by atoms with Crippen molar-refractivity contribution in [3.8, 4) is 11.5 Å². The average molecular weight is 510 g/mol. The van der Waals surface area contributed by atoms with Gasteiger partial charge in [-0.05, 0) is 36.4 Å². The molecule has 0 amide bonds. The highest BCUT2D eigenvalue weighted by molar-refractivity contribution is 5.95. The Labute approximate surface area is 205 Å². The lowest BCUT2D eigenvalue weighted by atomic mass is 9.94. The van der Waals surface area contributed by atoms with Crippen LogP contribution in [0.1, 0.15) is 26.2 Å². The van der Waals surface area contributed by atoms with Gasteiger partial charge in [0, 0.05) is 37.9 Å². The lowest BCUT2D eigenvalue weighted by Crippen LogP contribution is -2.38. The van der Waals surface area contributed by atoms with E-state index < -0.39 is 36.2 Å². The summed E-state index contributed by atoms with van der Waals surface area (Å²) in [6, 6.07) is 10.1. The van der Waals surface area contributed by atoms with Crippen molar-refractivity contribution < 1.29 is 36.9 Å². The van der Waals surface area contributed by atoms with Gasteiger partial charge in [0.1, 0.15) is 29.1 Å². The van der Waals surface area contributed by atoms with E-state index in [4.69, 9.17) is 9.47 Å². The molecule has 0 radical (unpaired) electrons. The number of nitrogens with zero attached hydrogens (tertiary/aromatic N) is 3. The van der Waals surface area contributed by atoms with E-state index in [1.54, 1.807) is 36.4 Å². The van der Waals surface area contributed by atoms with E-state index in [2.05, 4.69) is 5.10 Å². The number of hydrogen-bond acceptors (Lipinski definition) is 6. The van der Waals surface area contributed by atoms with Gasteiger partial charge < -0.3 is 19.5 Å². The third kappa shape index (κ3) is 5.50. The molecule has 0 spiro atoms. The Morgan fingerprint density at radius 2 is 1.75 bits per heavy atom. The Bertz CT molecular complexity index is 1120. The molecular weight excluding hydrogens is 482 g/mol. The Balaban J connectivity index is 1.41. The van der Waals surface area contributed by atoms with Crippen LogP contribution < -0.4 is 19.4 Å². The molecule has 0 saturated carbocycles. The number of hydrogen-bond donors (Lipinski definition) is 1. The summed E-state index contributed by atoms with van der Waals surface area (Å²) in [4.78, 5) is 13.2. The molecule has 7 nitrogen and oxygen atoms in total. The molecule has 2 aromatic rings. The molecule has 4 rings (SSSR count). The van der Waals surface area contributed by atoms with Crippen LogP contribution in [0.5, 0.6) is 11.5 Å². The molecule has 2 aliphatic rings. The zero-order chi connectivity index (χ0) is 26.0. The summed E-state index contributed by atoms with van der Waals surface area (Å²) in [6.07, 6.45) is -3.92. The number of anilines is 2. The van der Waals surface area contributed by atoms with Gasteiger partial charge in [-0.1, -0.05) is 6.92 Å². The molecule has 2 atom stereocenters. The van der Waals surface area contributed by atoms with E-state index >= 15 is 0 Å². The number of rotatable bonds is 7. The number of carbonyl (C=O) groups is 1. The minimum absolute atomic E-state index is 0.109. The summed E-state index contributed by atoms with van der Waals surface area (Å²) in [5.74, 6) is -1.49. The van der Waals surface area contributed by atoms with Crippen LogP contribution in [0.25, 0.3) is 0 Å². The van der Waals surface area contributed by atoms with Crippen LogP contribution in [0.3, 0.4) is 0 Å². The SMILES string of the molecule is COc1ccc(F)c(N2CCC(Oc3ccc(N4N=C(C(F)(F)F)[C@@H](C)[C@@H]4CC(=O)O)cc3)CC2)c1. The number of hydrazone groups is 1. The van der Waals surface area contributed by atoms with E-state index in [0.29, 0.717) is 48.8 Å². The first kappa shape index (κ1) is 25.6. The molecule has 2 heterocycles. The van der Waals surface area contributed by atoms with Crippen molar-refractivity contribution in [2.45, 2.75) is 44.5 Å². The van der Waals surface area contributed by atoms with Gasteiger partial charge in [-0.25, -0.2) is 4.39 Å². The molecule has 1 N–H and O–H groups in total. The minimum atomic E-state index is -4.64. The van der Waals surface area contributed by atoms with Crippen LogP contribution in [0.15, 0.2) is 47.6 Å². The molecule has 194 valence electrons. The van der Waals surface area contributed by atoms with Gasteiger partial charge in [-0.3, -0.25) is 9.80 Å². The number of carboxylic acid groups (broad SMARTS) is 1. The van der Waals surface area contributed by atoms with Crippen molar-refractivity contribution in [3.05, 3.63) is 48.3 Å². The molecule has 0 aliphatic carbocycles. The van der Waals surface area contributed by atoms with E-state index in [1.807, 2.05) is 4.90 Å². The second-order valence-corrected chi connectivity index (χ2v) is 8.90. The van der Waals surface area contributed by atoms with E-state index in [0.717, 1.165) is 5.01 Å². The third-order valence-electron chi connectivity index (χ3n) is 6.55. The van der Waals surface area contributed by atoms with E-state index in [1.165, 1.54) is 20.1 Å². The zero-order valence-electron chi connectivity index (χ0n) is 19.8. The number of halogens is 4. The van der Waals surface area contributed by atoms with Crippen molar-refractivity contribution >= 4 is 23.1 Å². The van der Waals surface area contributed by atoms with Crippen molar-refractivity contribution in [3.63, 3.8) is 0 Å². The summed E-state index contributed by atoms with van der Waals surface area (Å²) in [7, 11) is 1.53. The van der Waals surface area contributed by atoms with Crippen molar-refractivity contribution in [2.75, 3.05) is 30.1 Å². The maximum absolute atomic E-state index is 14.3. The molecule has 0 aromatic heterocycles. The van der Waals surface area contributed by atoms with Crippen LogP contribution in [0.4, 0.5) is 28.9 Å². The highest BCUT2D eigenvalue weighted by atomic mass is 19.4. The lowest BCUT2D eigenvalue weighted by molar-refractivity contribution is -0.137. The first-order chi connectivity index (χ1) is 17.1. The van der Waals surface area contributed by atoms with Crippen molar-refractivity contribution in [1.82, 2.24) is 0 Å². The first-order valence-corrected chi connectivity index (χ1v) is 11.6. The number of ether oxygens (including phenoxy) is 2. The van der Waals surface area contributed by atoms with Crippen molar-refractivity contribution in [1.29, 1.82) is 0 Å². The van der Waals surface area contributed by atoms with E-state index in [9.17, 15) is 27.5 Å². The molecule has 2 aliphatic heterocycles. The number of aliphatic carboxylic acids is 1. The summed E-state index contributed by atoms with van der Waals surface area (Å²) >= 11 is 0. The second-order valence-electron chi connectivity index (χ2n) is 8.90. The molecule has 36 heavy (non-hydrogen) atoms. The third-order valence-corrected chi connectivity index (χ3v) is 6.55. The van der Waals surface area contributed by atoms with Gasteiger partial charge in [0.15, 0.2) is 0 Å². The van der Waals surface area contributed by atoms with Gasteiger partial charge in [-0.15, -0.1) is 0 Å². The quantitative estimate of drug-likeness (QED) is 0.524. The Hall–Kier alpha value is -3.50. The molecule has 0 unspecified atom stereocenters. The number of alkyl halides is 3. The Morgan fingerprint density at radius 3 is 2.33 bits per heavy atom. The topological polar surface area (TPSA) is 74.6 Å².